The number of nitrogens with one attached hydrogen (secondary N) is 2. The van der Waals surface area contributed by atoms with Crippen LogP contribution in [-0.2, 0) is 4.79 Å². The number of aromatic nitrogens is 2. The van der Waals surface area contributed by atoms with Crippen molar-refractivity contribution in [2.24, 2.45) is 0 Å². The zero-order valence-corrected chi connectivity index (χ0v) is 14.0. The number of amides is 2. The van der Waals surface area contributed by atoms with Gasteiger partial charge >= 0.3 is 0 Å². The van der Waals surface area contributed by atoms with Crippen LogP contribution in [0, 0.1) is 0 Å². The molecule has 1 aromatic heterocycles. The van der Waals surface area contributed by atoms with Gasteiger partial charge in [-0.15, -0.1) is 11.8 Å². The largest absolute Gasteiger partial charge is 0.350 e. The Morgan fingerprint density at radius 3 is 2.77 bits per heavy atom. The number of hydrogen-bond acceptors (Lipinski definition) is 4. The molecule has 1 aliphatic heterocycles. The Morgan fingerprint density at radius 2 is 2.14 bits per heavy atom. The molecule has 2 amide bonds. The molecule has 6 nitrogen and oxygen atoms in total. The normalized spacial score (nSPS) is 22.0. The smallest absolute Gasteiger partial charge is 0.275 e. The summed E-state index contributed by atoms with van der Waals surface area (Å²) in [6, 6.07) is 1.42. The molecule has 2 aliphatic rings. The number of H-pyrrole nitrogens is 1. The molecule has 1 saturated heterocycles. The highest BCUT2D eigenvalue weighted by atomic mass is 32.2. The van der Waals surface area contributed by atoms with Crippen molar-refractivity contribution in [3.8, 4) is 0 Å². The van der Waals surface area contributed by atoms with E-state index in [-0.39, 0.29) is 17.4 Å². The molecular weight excluding hydrogens is 300 g/mol. The topological polar surface area (TPSA) is 78.1 Å². The minimum atomic E-state index is -0.419. The number of hydrogen-bond donors (Lipinski definition) is 2. The maximum absolute atomic E-state index is 12.6. The third-order valence-corrected chi connectivity index (χ3v) is 4.79. The third-order valence-electron chi connectivity index (χ3n) is 3.78. The number of nitrogens with zero attached hydrogens (tertiary/aromatic N) is 2. The number of rotatable bonds is 3. The Labute approximate surface area is 134 Å². The van der Waals surface area contributed by atoms with Gasteiger partial charge < -0.3 is 10.2 Å². The minimum absolute atomic E-state index is 0.0937. The highest BCUT2D eigenvalue weighted by molar-refractivity contribution is 7.99. The fourth-order valence-electron chi connectivity index (χ4n) is 2.51. The van der Waals surface area contributed by atoms with Crippen LogP contribution >= 0.6 is 11.8 Å². The summed E-state index contributed by atoms with van der Waals surface area (Å²) < 4.78 is 0. The van der Waals surface area contributed by atoms with E-state index in [1.807, 2.05) is 26.8 Å². The van der Waals surface area contributed by atoms with Gasteiger partial charge in [-0.2, -0.15) is 5.10 Å². The minimum Gasteiger partial charge on any atom is -0.350 e. The molecule has 1 atom stereocenters. The van der Waals surface area contributed by atoms with Crippen molar-refractivity contribution < 1.29 is 9.59 Å². The lowest BCUT2D eigenvalue weighted by Crippen LogP contribution is -2.52. The molecule has 22 heavy (non-hydrogen) atoms. The van der Waals surface area contributed by atoms with E-state index in [2.05, 4.69) is 15.5 Å². The van der Waals surface area contributed by atoms with Crippen molar-refractivity contribution in [2.75, 3.05) is 11.6 Å². The quantitative estimate of drug-likeness (QED) is 0.888. The van der Waals surface area contributed by atoms with Crippen molar-refractivity contribution in [2.45, 2.75) is 51.1 Å². The summed E-state index contributed by atoms with van der Waals surface area (Å²) in [5.41, 5.74) is 1.15. The van der Waals surface area contributed by atoms with E-state index in [1.54, 1.807) is 16.7 Å². The van der Waals surface area contributed by atoms with E-state index >= 15 is 0 Å². The second kappa shape index (κ2) is 5.61. The standard InChI is InChI=1S/C15H22N4O2S/c1-15(2,3)16-13(20)12-7-22-8-19(12)14(21)11-6-10(17-18-11)9-4-5-9/h6,9,12H,4-5,7-8H2,1-3H3,(H,16,20)(H,17,18)/t12-/m1/s1. The molecule has 1 saturated carbocycles. The molecule has 0 radical (unpaired) electrons. The molecule has 2 fully saturated rings. The Balaban J connectivity index is 1.71. The predicted octanol–water partition coefficient (Wildman–Crippen LogP) is 1.72. The van der Waals surface area contributed by atoms with Gasteiger partial charge in [-0.05, 0) is 39.7 Å². The molecular formula is C15H22N4O2S. The first-order chi connectivity index (χ1) is 10.3. The first kappa shape index (κ1) is 15.4. The number of carbonyl (C=O) groups excluding carboxylic acids is 2. The van der Waals surface area contributed by atoms with Crippen LogP contribution in [0.2, 0.25) is 0 Å². The molecule has 0 bridgehead atoms. The van der Waals surface area contributed by atoms with Crippen LogP contribution in [0.25, 0.3) is 0 Å². The maximum atomic E-state index is 12.6. The van der Waals surface area contributed by atoms with Crippen molar-refractivity contribution in [1.82, 2.24) is 20.4 Å². The number of aromatic amines is 1. The maximum Gasteiger partial charge on any atom is 0.275 e. The summed E-state index contributed by atoms with van der Waals surface area (Å²) >= 11 is 1.60. The van der Waals surface area contributed by atoms with Gasteiger partial charge in [-0.25, -0.2) is 0 Å². The molecule has 3 rings (SSSR count). The zero-order chi connectivity index (χ0) is 15.9. The average molecular weight is 322 g/mol. The van der Waals surface area contributed by atoms with E-state index in [0.717, 1.165) is 18.5 Å². The van der Waals surface area contributed by atoms with Crippen molar-refractivity contribution >= 4 is 23.6 Å². The Kier molecular flexibility index (Phi) is 3.92. The predicted molar refractivity (Wildman–Crippen MR) is 85.7 cm³/mol. The summed E-state index contributed by atoms with van der Waals surface area (Å²) in [6.45, 7) is 5.82. The van der Waals surface area contributed by atoms with Crippen LogP contribution < -0.4 is 5.32 Å². The summed E-state index contributed by atoms with van der Waals surface area (Å²) in [6.07, 6.45) is 2.32. The lowest BCUT2D eigenvalue weighted by molar-refractivity contribution is -0.125. The fourth-order valence-corrected chi connectivity index (χ4v) is 3.66. The second-order valence-electron chi connectivity index (χ2n) is 7.01. The Morgan fingerprint density at radius 1 is 1.41 bits per heavy atom. The van der Waals surface area contributed by atoms with Gasteiger partial charge in [0.15, 0.2) is 0 Å². The second-order valence-corrected chi connectivity index (χ2v) is 8.01. The lowest BCUT2D eigenvalue weighted by Gasteiger charge is -2.27. The van der Waals surface area contributed by atoms with E-state index < -0.39 is 6.04 Å². The van der Waals surface area contributed by atoms with E-state index in [4.69, 9.17) is 0 Å². The summed E-state index contributed by atoms with van der Waals surface area (Å²) in [5, 5.41) is 10.0. The van der Waals surface area contributed by atoms with Gasteiger partial charge in [0, 0.05) is 22.9 Å². The van der Waals surface area contributed by atoms with Crippen molar-refractivity contribution in [1.29, 1.82) is 0 Å². The first-order valence-corrected chi connectivity index (χ1v) is 8.76. The third kappa shape index (κ3) is 3.29. The van der Waals surface area contributed by atoms with Gasteiger partial charge in [0.2, 0.25) is 5.91 Å². The fraction of sp³-hybridized carbons (Fsp3) is 0.667. The molecule has 7 heteroatoms. The van der Waals surface area contributed by atoms with Crippen molar-refractivity contribution in [3.05, 3.63) is 17.5 Å². The van der Waals surface area contributed by atoms with E-state index in [1.165, 1.54) is 0 Å². The molecule has 1 aromatic rings. The van der Waals surface area contributed by atoms with E-state index in [0.29, 0.717) is 23.2 Å². The Hall–Kier alpha value is -1.50. The summed E-state index contributed by atoms with van der Waals surface area (Å²) in [7, 11) is 0. The van der Waals surface area contributed by atoms with Gasteiger partial charge in [0.25, 0.3) is 5.91 Å². The molecule has 0 spiro atoms. The van der Waals surface area contributed by atoms with Gasteiger partial charge in [0.05, 0.1) is 5.88 Å². The van der Waals surface area contributed by atoms with Crippen LogP contribution in [0.4, 0.5) is 0 Å². The van der Waals surface area contributed by atoms with Gasteiger partial charge in [0.1, 0.15) is 11.7 Å². The molecule has 2 N–H and O–H groups in total. The molecule has 120 valence electrons. The highest BCUT2D eigenvalue weighted by Crippen LogP contribution is 2.39. The van der Waals surface area contributed by atoms with Crippen LogP contribution in [0.3, 0.4) is 0 Å². The molecule has 2 heterocycles. The monoisotopic (exact) mass is 322 g/mol. The highest BCUT2D eigenvalue weighted by Gasteiger charge is 2.37. The summed E-state index contributed by atoms with van der Waals surface area (Å²) in [5.74, 6) is 1.44. The van der Waals surface area contributed by atoms with Crippen molar-refractivity contribution in [3.63, 3.8) is 0 Å². The van der Waals surface area contributed by atoms with Gasteiger partial charge in [-0.1, -0.05) is 0 Å². The van der Waals surface area contributed by atoms with Crippen LogP contribution in [0.15, 0.2) is 6.07 Å². The number of thioether (sulfide) groups is 1. The average Bonchev–Trinajstić information content (AvgIpc) is 2.99. The Bertz CT molecular complexity index is 589. The van der Waals surface area contributed by atoms with Crippen LogP contribution in [0.1, 0.15) is 55.7 Å². The number of carbonyl (C=O) groups is 2. The van der Waals surface area contributed by atoms with Crippen LogP contribution in [0.5, 0.6) is 0 Å². The summed E-state index contributed by atoms with van der Waals surface area (Å²) in [4.78, 5) is 26.6. The zero-order valence-electron chi connectivity index (χ0n) is 13.2. The molecule has 0 unspecified atom stereocenters. The molecule has 0 aromatic carbocycles. The SMILES string of the molecule is CC(C)(C)NC(=O)[C@H]1CSCN1C(=O)c1cc(C2CC2)[nH]n1. The van der Waals surface area contributed by atoms with E-state index in [9.17, 15) is 9.59 Å². The molecule has 1 aliphatic carbocycles. The van der Waals surface area contributed by atoms with Crippen LogP contribution in [-0.4, -0.2) is 50.1 Å². The lowest BCUT2D eigenvalue weighted by atomic mass is 10.1. The first-order valence-electron chi connectivity index (χ1n) is 7.61. The van der Waals surface area contributed by atoms with Gasteiger partial charge in [-0.3, -0.25) is 14.7 Å².